The molecule has 0 unspecified atom stereocenters. The van der Waals surface area contributed by atoms with E-state index in [9.17, 15) is 4.79 Å². The van der Waals surface area contributed by atoms with Gasteiger partial charge in [-0.3, -0.25) is 4.79 Å². The fourth-order valence-corrected chi connectivity index (χ4v) is 1.02. The number of amides is 1. The van der Waals surface area contributed by atoms with Crippen molar-refractivity contribution >= 4 is 12.1 Å². The Morgan fingerprint density at radius 3 is 3.07 bits per heavy atom. The van der Waals surface area contributed by atoms with Crippen molar-refractivity contribution < 1.29 is 9.53 Å². The Bertz CT molecular complexity index is 361. The first-order chi connectivity index (χ1) is 7.22. The average molecular weight is 206 g/mol. The van der Waals surface area contributed by atoms with Crippen LogP contribution in [0.3, 0.4) is 0 Å². The van der Waals surface area contributed by atoms with Gasteiger partial charge in [0.15, 0.2) is 6.61 Å². The van der Waals surface area contributed by atoms with Crippen molar-refractivity contribution in [1.82, 2.24) is 5.43 Å². The summed E-state index contributed by atoms with van der Waals surface area (Å²) in [4.78, 5) is 11.1. The standard InChI is InChI=1S/C11H14N2O2/c1-3-12-13-11(14)8-15-10-6-4-5-9(2)7-10/h3-7H,8H2,1-2H3,(H,13,14)/b12-3-. The smallest absolute Gasteiger partial charge is 0.277 e. The molecule has 0 radical (unpaired) electrons. The van der Waals surface area contributed by atoms with E-state index in [2.05, 4.69) is 10.5 Å². The van der Waals surface area contributed by atoms with E-state index in [4.69, 9.17) is 4.74 Å². The number of carbonyl (C=O) groups is 1. The van der Waals surface area contributed by atoms with Crippen LogP contribution < -0.4 is 10.2 Å². The van der Waals surface area contributed by atoms with Gasteiger partial charge in [-0.05, 0) is 31.5 Å². The molecule has 0 heterocycles. The second kappa shape index (κ2) is 5.80. The van der Waals surface area contributed by atoms with E-state index in [0.717, 1.165) is 5.56 Å². The number of hydrazone groups is 1. The molecule has 1 aromatic carbocycles. The summed E-state index contributed by atoms with van der Waals surface area (Å²) in [7, 11) is 0. The second-order valence-corrected chi connectivity index (χ2v) is 3.03. The molecule has 0 spiro atoms. The van der Waals surface area contributed by atoms with Gasteiger partial charge in [-0.25, -0.2) is 5.43 Å². The van der Waals surface area contributed by atoms with Gasteiger partial charge in [0.25, 0.3) is 5.91 Å². The van der Waals surface area contributed by atoms with E-state index in [1.165, 1.54) is 6.21 Å². The predicted molar refractivity (Wildman–Crippen MR) is 59.0 cm³/mol. The molecule has 1 N–H and O–H groups in total. The molecule has 4 heteroatoms. The van der Waals surface area contributed by atoms with E-state index in [0.29, 0.717) is 5.75 Å². The number of carbonyl (C=O) groups excluding carboxylic acids is 1. The SMILES string of the molecule is C/C=N\NC(=O)COc1cccc(C)c1. The fourth-order valence-electron chi connectivity index (χ4n) is 1.02. The van der Waals surface area contributed by atoms with Crippen LogP contribution in [0.4, 0.5) is 0 Å². The third kappa shape index (κ3) is 4.26. The lowest BCUT2D eigenvalue weighted by molar-refractivity contribution is -0.123. The van der Waals surface area contributed by atoms with Crippen LogP contribution in [-0.2, 0) is 4.79 Å². The number of benzene rings is 1. The topological polar surface area (TPSA) is 50.7 Å². The summed E-state index contributed by atoms with van der Waals surface area (Å²) in [5.74, 6) is 0.417. The number of rotatable bonds is 4. The quantitative estimate of drug-likeness (QED) is 0.599. The highest BCUT2D eigenvalue weighted by Crippen LogP contribution is 2.11. The van der Waals surface area contributed by atoms with Crippen molar-refractivity contribution in [3.8, 4) is 5.75 Å². The molecule has 0 saturated carbocycles. The monoisotopic (exact) mass is 206 g/mol. The Morgan fingerprint density at radius 1 is 1.60 bits per heavy atom. The first-order valence-corrected chi connectivity index (χ1v) is 4.68. The molecule has 80 valence electrons. The lowest BCUT2D eigenvalue weighted by Crippen LogP contribution is -2.24. The second-order valence-electron chi connectivity index (χ2n) is 3.03. The first kappa shape index (κ1) is 11.2. The largest absolute Gasteiger partial charge is 0.484 e. The molecule has 0 saturated heterocycles. The molecule has 0 bridgehead atoms. The normalized spacial score (nSPS) is 10.3. The highest BCUT2D eigenvalue weighted by molar-refractivity contribution is 5.78. The van der Waals surface area contributed by atoms with Crippen LogP contribution in [-0.4, -0.2) is 18.7 Å². The minimum atomic E-state index is -0.269. The molecule has 0 aromatic heterocycles. The molecule has 0 aliphatic carbocycles. The van der Waals surface area contributed by atoms with Gasteiger partial charge in [-0.15, -0.1) is 0 Å². The van der Waals surface area contributed by atoms with Crippen molar-refractivity contribution in [2.24, 2.45) is 5.10 Å². The Balaban J connectivity index is 2.40. The number of ether oxygens (including phenoxy) is 1. The van der Waals surface area contributed by atoms with Crippen molar-refractivity contribution in [3.63, 3.8) is 0 Å². The summed E-state index contributed by atoms with van der Waals surface area (Å²) < 4.78 is 5.26. The van der Waals surface area contributed by atoms with E-state index >= 15 is 0 Å². The van der Waals surface area contributed by atoms with Crippen LogP contribution >= 0.6 is 0 Å². The summed E-state index contributed by atoms with van der Waals surface area (Å²) in [6, 6.07) is 7.53. The Morgan fingerprint density at radius 2 is 2.40 bits per heavy atom. The van der Waals surface area contributed by atoms with Gasteiger partial charge in [0.1, 0.15) is 5.75 Å². The summed E-state index contributed by atoms with van der Waals surface area (Å²) in [5, 5.41) is 3.60. The van der Waals surface area contributed by atoms with Gasteiger partial charge in [0, 0.05) is 6.21 Å². The molecule has 1 aromatic rings. The summed E-state index contributed by atoms with van der Waals surface area (Å²) in [6.07, 6.45) is 1.50. The summed E-state index contributed by atoms with van der Waals surface area (Å²) in [5.41, 5.74) is 3.42. The third-order valence-electron chi connectivity index (χ3n) is 1.68. The molecular weight excluding hydrogens is 192 g/mol. The van der Waals surface area contributed by atoms with Crippen LogP contribution in [0.25, 0.3) is 0 Å². The molecule has 0 atom stereocenters. The highest BCUT2D eigenvalue weighted by atomic mass is 16.5. The molecule has 4 nitrogen and oxygen atoms in total. The molecule has 15 heavy (non-hydrogen) atoms. The molecule has 1 rings (SSSR count). The minimum Gasteiger partial charge on any atom is -0.484 e. The van der Waals surface area contributed by atoms with Crippen LogP contribution in [0.5, 0.6) is 5.75 Å². The molecule has 0 aliphatic heterocycles. The van der Waals surface area contributed by atoms with Crippen LogP contribution in [0.1, 0.15) is 12.5 Å². The predicted octanol–water partition coefficient (Wildman–Crippen LogP) is 1.50. The van der Waals surface area contributed by atoms with Crippen molar-refractivity contribution in [2.45, 2.75) is 13.8 Å². The van der Waals surface area contributed by atoms with E-state index in [-0.39, 0.29) is 12.5 Å². The molecule has 0 fully saturated rings. The van der Waals surface area contributed by atoms with E-state index < -0.39 is 0 Å². The van der Waals surface area contributed by atoms with Crippen molar-refractivity contribution in [3.05, 3.63) is 29.8 Å². The minimum absolute atomic E-state index is 0.0270. The summed E-state index contributed by atoms with van der Waals surface area (Å²) in [6.45, 7) is 3.66. The fraction of sp³-hybridized carbons (Fsp3) is 0.273. The lowest BCUT2D eigenvalue weighted by atomic mass is 10.2. The molecule has 1 amide bonds. The number of aryl methyl sites for hydroxylation is 1. The Hall–Kier alpha value is -1.84. The first-order valence-electron chi connectivity index (χ1n) is 4.68. The van der Waals surface area contributed by atoms with Crippen molar-refractivity contribution in [1.29, 1.82) is 0 Å². The van der Waals surface area contributed by atoms with Gasteiger partial charge in [0.05, 0.1) is 0 Å². The zero-order valence-electron chi connectivity index (χ0n) is 8.86. The van der Waals surface area contributed by atoms with Gasteiger partial charge >= 0.3 is 0 Å². The summed E-state index contributed by atoms with van der Waals surface area (Å²) >= 11 is 0. The van der Waals surface area contributed by atoms with E-state index in [1.54, 1.807) is 6.92 Å². The zero-order valence-corrected chi connectivity index (χ0v) is 8.86. The third-order valence-corrected chi connectivity index (χ3v) is 1.68. The Kier molecular flexibility index (Phi) is 4.34. The van der Waals surface area contributed by atoms with Gasteiger partial charge in [0.2, 0.25) is 0 Å². The number of nitrogens with zero attached hydrogens (tertiary/aromatic N) is 1. The van der Waals surface area contributed by atoms with Gasteiger partial charge in [-0.1, -0.05) is 12.1 Å². The number of nitrogens with one attached hydrogen (secondary N) is 1. The molecule has 0 aliphatic rings. The van der Waals surface area contributed by atoms with Crippen LogP contribution in [0, 0.1) is 6.92 Å². The lowest BCUT2D eigenvalue weighted by Gasteiger charge is -2.05. The Labute approximate surface area is 88.9 Å². The van der Waals surface area contributed by atoms with Crippen LogP contribution in [0.2, 0.25) is 0 Å². The maximum absolute atomic E-state index is 11.1. The average Bonchev–Trinajstić information content (AvgIpc) is 2.23. The number of hydrogen-bond donors (Lipinski definition) is 1. The maximum atomic E-state index is 11.1. The van der Waals surface area contributed by atoms with Gasteiger partial charge in [-0.2, -0.15) is 5.10 Å². The zero-order chi connectivity index (χ0) is 11.1. The van der Waals surface area contributed by atoms with Gasteiger partial charge < -0.3 is 4.74 Å². The van der Waals surface area contributed by atoms with Crippen molar-refractivity contribution in [2.75, 3.05) is 6.61 Å². The maximum Gasteiger partial charge on any atom is 0.277 e. The van der Waals surface area contributed by atoms with Crippen LogP contribution in [0.15, 0.2) is 29.4 Å². The molecular formula is C11H14N2O2. The highest BCUT2D eigenvalue weighted by Gasteiger charge is 2.00. The van der Waals surface area contributed by atoms with E-state index in [1.807, 2.05) is 31.2 Å². The number of hydrogen-bond acceptors (Lipinski definition) is 3.